The van der Waals surface area contributed by atoms with E-state index in [-0.39, 0.29) is 5.97 Å². The number of carbonyl (C=O) groups is 1. The number of ether oxygens (including phenoxy) is 1. The number of allylic oxidation sites excluding steroid dienone is 2. The van der Waals surface area contributed by atoms with Crippen molar-refractivity contribution in [2.45, 2.75) is 105 Å². The standard InChI is InChI=1S/C29H50O3Si/c1-19-13-15-28(3)21(17-19)18-25(32-33(6,7)8)27-23-11-10-22(20(2)9-12-26(30)31-5)29(23,4)16-14-24(27)28/h18-24,27H,9-17H2,1-8H3/t19-,20-,21+,22?,23?,24?,27?,28+,29-/m1/s1. The molecule has 3 nitrogen and oxygen atoms in total. The average molecular weight is 475 g/mol. The summed E-state index contributed by atoms with van der Waals surface area (Å²) >= 11 is 0. The van der Waals surface area contributed by atoms with Crippen molar-refractivity contribution in [3.8, 4) is 0 Å². The van der Waals surface area contributed by atoms with Crippen LogP contribution in [0, 0.1) is 52.3 Å². The zero-order valence-electron chi connectivity index (χ0n) is 22.7. The molecule has 33 heavy (non-hydrogen) atoms. The monoisotopic (exact) mass is 474 g/mol. The number of methoxy groups -OCH3 is 1. The molecule has 0 saturated heterocycles. The van der Waals surface area contributed by atoms with Crippen LogP contribution in [-0.4, -0.2) is 21.4 Å². The molecule has 4 unspecified atom stereocenters. The van der Waals surface area contributed by atoms with E-state index in [1.807, 2.05) is 0 Å². The second kappa shape index (κ2) is 9.02. The van der Waals surface area contributed by atoms with Crippen molar-refractivity contribution >= 4 is 14.3 Å². The van der Waals surface area contributed by atoms with E-state index in [0.717, 1.165) is 24.2 Å². The second-order valence-electron chi connectivity index (χ2n) is 13.8. The molecule has 0 radical (unpaired) electrons. The molecule has 3 saturated carbocycles. The van der Waals surface area contributed by atoms with Gasteiger partial charge in [0.1, 0.15) is 0 Å². The van der Waals surface area contributed by atoms with E-state index >= 15 is 0 Å². The van der Waals surface area contributed by atoms with Crippen molar-refractivity contribution in [3.63, 3.8) is 0 Å². The highest BCUT2D eigenvalue weighted by Gasteiger charge is 2.61. The van der Waals surface area contributed by atoms with Crippen LogP contribution in [0.4, 0.5) is 0 Å². The first kappa shape index (κ1) is 25.3. The summed E-state index contributed by atoms with van der Waals surface area (Å²) in [5.41, 5.74) is 0.809. The minimum Gasteiger partial charge on any atom is -0.547 e. The fourth-order valence-corrected chi connectivity index (χ4v) is 9.86. The predicted molar refractivity (Wildman–Crippen MR) is 138 cm³/mol. The molecule has 0 N–H and O–H groups in total. The number of hydrogen-bond acceptors (Lipinski definition) is 3. The van der Waals surface area contributed by atoms with Gasteiger partial charge in [-0.05, 0) is 117 Å². The Morgan fingerprint density at radius 2 is 1.76 bits per heavy atom. The summed E-state index contributed by atoms with van der Waals surface area (Å²) in [5, 5.41) is 0. The molecule has 4 rings (SSSR count). The van der Waals surface area contributed by atoms with Gasteiger partial charge in [0.25, 0.3) is 0 Å². The first-order valence-electron chi connectivity index (χ1n) is 13.9. The van der Waals surface area contributed by atoms with E-state index in [0.29, 0.717) is 40.9 Å². The molecular formula is C29H50O3Si. The quantitative estimate of drug-likeness (QED) is 0.291. The van der Waals surface area contributed by atoms with E-state index < -0.39 is 8.32 Å². The van der Waals surface area contributed by atoms with Gasteiger partial charge in [0, 0.05) is 12.3 Å². The van der Waals surface area contributed by atoms with Crippen LogP contribution in [0.3, 0.4) is 0 Å². The smallest absolute Gasteiger partial charge is 0.305 e. The van der Waals surface area contributed by atoms with Gasteiger partial charge in [-0.25, -0.2) is 0 Å². The Balaban J connectivity index is 1.64. The summed E-state index contributed by atoms with van der Waals surface area (Å²) in [7, 11) is -0.165. The molecule has 0 amide bonds. The maximum absolute atomic E-state index is 11.8. The van der Waals surface area contributed by atoms with Crippen molar-refractivity contribution < 1.29 is 14.0 Å². The van der Waals surface area contributed by atoms with Crippen LogP contribution >= 0.6 is 0 Å². The van der Waals surface area contributed by atoms with Crippen LogP contribution in [0.25, 0.3) is 0 Å². The Hall–Kier alpha value is -0.773. The van der Waals surface area contributed by atoms with Crippen molar-refractivity contribution in [3.05, 3.63) is 11.8 Å². The SMILES string of the molecule is COC(=O)CC[C@@H](C)C1CCC2C3C(O[Si](C)(C)C)=C[C@@H]4C[C@H](C)CC[C@]4(C)C3CC[C@@]21C. The molecule has 0 aromatic rings. The largest absolute Gasteiger partial charge is 0.547 e. The molecule has 0 aromatic carbocycles. The van der Waals surface area contributed by atoms with E-state index in [1.54, 1.807) is 0 Å². The summed E-state index contributed by atoms with van der Waals surface area (Å²) in [4.78, 5) is 11.8. The van der Waals surface area contributed by atoms with Crippen molar-refractivity contribution in [1.29, 1.82) is 0 Å². The average Bonchev–Trinajstić information content (AvgIpc) is 3.09. The van der Waals surface area contributed by atoms with Crippen molar-refractivity contribution in [1.82, 2.24) is 0 Å². The second-order valence-corrected chi connectivity index (χ2v) is 18.3. The van der Waals surface area contributed by atoms with Crippen LogP contribution in [0.1, 0.15) is 85.5 Å². The molecule has 4 aliphatic rings. The van der Waals surface area contributed by atoms with E-state index in [1.165, 1.54) is 57.8 Å². The first-order chi connectivity index (χ1) is 15.4. The summed E-state index contributed by atoms with van der Waals surface area (Å²) in [5.74, 6) is 6.24. The van der Waals surface area contributed by atoms with E-state index in [2.05, 4.69) is 53.4 Å². The first-order valence-corrected chi connectivity index (χ1v) is 17.3. The van der Waals surface area contributed by atoms with Gasteiger partial charge in [-0.2, -0.15) is 0 Å². The fraction of sp³-hybridized carbons (Fsp3) is 0.897. The van der Waals surface area contributed by atoms with Gasteiger partial charge >= 0.3 is 5.97 Å². The molecule has 0 bridgehead atoms. The number of rotatable bonds is 6. The van der Waals surface area contributed by atoms with Gasteiger partial charge in [-0.1, -0.05) is 34.1 Å². The van der Waals surface area contributed by atoms with Gasteiger partial charge in [-0.3, -0.25) is 4.79 Å². The number of carbonyl (C=O) groups excluding carboxylic acids is 1. The molecule has 9 atom stereocenters. The van der Waals surface area contributed by atoms with Crippen molar-refractivity contribution in [2.75, 3.05) is 7.11 Å². The molecule has 0 heterocycles. The minimum atomic E-state index is -1.68. The third-order valence-electron chi connectivity index (χ3n) is 10.7. The lowest BCUT2D eigenvalue weighted by Gasteiger charge is -2.60. The highest BCUT2D eigenvalue weighted by Crippen LogP contribution is 2.68. The third-order valence-corrected chi connectivity index (χ3v) is 11.6. The molecule has 0 aromatic heterocycles. The van der Waals surface area contributed by atoms with Crippen LogP contribution in [-0.2, 0) is 14.0 Å². The lowest BCUT2D eigenvalue weighted by molar-refractivity contribution is -0.141. The van der Waals surface area contributed by atoms with Crippen LogP contribution in [0.15, 0.2) is 11.8 Å². The van der Waals surface area contributed by atoms with Gasteiger partial charge in [0.15, 0.2) is 0 Å². The summed E-state index contributed by atoms with van der Waals surface area (Å²) < 4.78 is 11.9. The third kappa shape index (κ3) is 4.59. The molecule has 3 fully saturated rings. The Bertz CT molecular complexity index is 769. The number of fused-ring (bicyclic) bond motifs is 5. The van der Waals surface area contributed by atoms with Crippen LogP contribution in [0.2, 0.25) is 19.6 Å². The molecule has 188 valence electrons. The predicted octanol–water partition coefficient (Wildman–Crippen LogP) is 7.83. The summed E-state index contributed by atoms with van der Waals surface area (Å²) in [6.45, 7) is 17.1. The Morgan fingerprint density at radius 1 is 1.09 bits per heavy atom. The van der Waals surface area contributed by atoms with Gasteiger partial charge in [0.2, 0.25) is 8.32 Å². The molecular weight excluding hydrogens is 424 g/mol. The Morgan fingerprint density at radius 3 is 2.42 bits per heavy atom. The Kier molecular flexibility index (Phi) is 6.93. The molecule has 0 aliphatic heterocycles. The summed E-state index contributed by atoms with van der Waals surface area (Å²) in [6.07, 6.45) is 13.6. The molecule has 0 spiro atoms. The Labute approximate surface area is 204 Å². The number of hydrogen-bond donors (Lipinski definition) is 0. The van der Waals surface area contributed by atoms with Crippen LogP contribution in [0.5, 0.6) is 0 Å². The fourth-order valence-electron chi connectivity index (χ4n) is 8.95. The topological polar surface area (TPSA) is 35.5 Å². The van der Waals surface area contributed by atoms with Gasteiger partial charge in [-0.15, -0.1) is 0 Å². The maximum atomic E-state index is 11.8. The van der Waals surface area contributed by atoms with E-state index in [4.69, 9.17) is 9.16 Å². The highest BCUT2D eigenvalue weighted by atomic mass is 28.4. The maximum Gasteiger partial charge on any atom is 0.305 e. The highest BCUT2D eigenvalue weighted by molar-refractivity contribution is 6.70. The lowest BCUT2D eigenvalue weighted by atomic mass is 9.45. The zero-order valence-corrected chi connectivity index (χ0v) is 23.7. The molecule has 4 heteroatoms. The summed E-state index contributed by atoms with van der Waals surface area (Å²) in [6, 6.07) is 0. The molecule has 4 aliphatic carbocycles. The van der Waals surface area contributed by atoms with E-state index in [9.17, 15) is 4.79 Å². The number of esters is 1. The van der Waals surface area contributed by atoms with Gasteiger partial charge in [0.05, 0.1) is 12.9 Å². The van der Waals surface area contributed by atoms with Gasteiger partial charge < -0.3 is 9.16 Å². The van der Waals surface area contributed by atoms with Crippen LogP contribution < -0.4 is 0 Å². The van der Waals surface area contributed by atoms with Crippen molar-refractivity contribution in [2.24, 2.45) is 52.3 Å². The normalized spacial score (nSPS) is 43.6. The lowest BCUT2D eigenvalue weighted by Crippen LogP contribution is -2.54. The zero-order chi connectivity index (χ0) is 24.2. The minimum absolute atomic E-state index is 0.0585.